The van der Waals surface area contributed by atoms with E-state index in [1.807, 2.05) is 63.5 Å². The molecule has 3 aromatic rings. The van der Waals surface area contributed by atoms with Gasteiger partial charge in [-0.3, -0.25) is 9.69 Å². The number of benzene rings is 2. The second-order valence-electron chi connectivity index (χ2n) is 8.23. The van der Waals surface area contributed by atoms with E-state index in [2.05, 4.69) is 11.8 Å². The zero-order chi connectivity index (χ0) is 23.6. The maximum absolute atomic E-state index is 13.6. The van der Waals surface area contributed by atoms with Gasteiger partial charge in [-0.1, -0.05) is 43.2 Å². The lowest BCUT2D eigenvalue weighted by molar-refractivity contribution is 0.0985. The van der Waals surface area contributed by atoms with Gasteiger partial charge >= 0.3 is 0 Å². The molecule has 0 radical (unpaired) electrons. The van der Waals surface area contributed by atoms with Crippen molar-refractivity contribution in [1.29, 1.82) is 0 Å². The Morgan fingerprint density at radius 3 is 2.58 bits per heavy atom. The fourth-order valence-corrected chi connectivity index (χ4v) is 4.55. The fourth-order valence-electron chi connectivity index (χ4n) is 3.54. The Hall–Kier alpha value is -2.64. The number of hydrogen-bond donors (Lipinski definition) is 0. The number of fused-ring (bicyclic) bond motifs is 1. The number of hydrogen-bond acceptors (Lipinski definition) is 6. The van der Waals surface area contributed by atoms with Crippen LogP contribution in [0.5, 0.6) is 11.5 Å². The molecule has 0 N–H and O–H groups in total. The molecule has 0 aliphatic heterocycles. The van der Waals surface area contributed by atoms with Gasteiger partial charge in [-0.15, -0.1) is 0 Å². The molecule has 1 aromatic heterocycles. The maximum Gasteiger partial charge on any atom is 0.260 e. The minimum Gasteiger partial charge on any atom is -0.494 e. The van der Waals surface area contributed by atoms with Gasteiger partial charge in [-0.2, -0.15) is 0 Å². The van der Waals surface area contributed by atoms with Gasteiger partial charge < -0.3 is 14.4 Å². The summed E-state index contributed by atoms with van der Waals surface area (Å²) >= 11 is 1.52. The molecule has 33 heavy (non-hydrogen) atoms. The molecule has 0 fully saturated rings. The third-order valence-electron chi connectivity index (χ3n) is 5.23. The van der Waals surface area contributed by atoms with Crippen LogP contribution < -0.4 is 14.4 Å². The number of carbonyl (C=O) groups is 1. The van der Waals surface area contributed by atoms with Crippen LogP contribution >= 0.6 is 11.3 Å². The Bertz CT molecular complexity index is 1030. The zero-order valence-corrected chi connectivity index (χ0v) is 21.0. The number of thiazole rings is 1. The minimum atomic E-state index is -0.0650. The van der Waals surface area contributed by atoms with Gasteiger partial charge in [-0.05, 0) is 70.7 Å². The van der Waals surface area contributed by atoms with Crippen LogP contribution in [-0.4, -0.2) is 56.2 Å². The topological polar surface area (TPSA) is 54.9 Å². The van der Waals surface area contributed by atoms with Crippen molar-refractivity contribution in [3.8, 4) is 11.5 Å². The second-order valence-corrected chi connectivity index (χ2v) is 9.24. The monoisotopic (exact) mass is 469 g/mol. The normalized spacial score (nSPS) is 11.2. The van der Waals surface area contributed by atoms with Crippen LogP contribution in [0.15, 0.2) is 42.5 Å². The Morgan fingerprint density at radius 1 is 1.00 bits per heavy atom. The van der Waals surface area contributed by atoms with Crippen LogP contribution in [0.2, 0.25) is 0 Å². The number of ether oxygens (including phenoxy) is 2. The van der Waals surface area contributed by atoms with E-state index >= 15 is 0 Å². The van der Waals surface area contributed by atoms with E-state index in [9.17, 15) is 4.79 Å². The van der Waals surface area contributed by atoms with Crippen molar-refractivity contribution >= 4 is 32.6 Å². The smallest absolute Gasteiger partial charge is 0.260 e. The van der Waals surface area contributed by atoms with Gasteiger partial charge in [0.15, 0.2) is 5.13 Å². The number of para-hydroxylation sites is 1. The Morgan fingerprint density at radius 2 is 1.82 bits per heavy atom. The van der Waals surface area contributed by atoms with Crippen LogP contribution in [0.25, 0.3) is 10.2 Å². The van der Waals surface area contributed by atoms with Crippen molar-refractivity contribution in [1.82, 2.24) is 9.88 Å². The number of carbonyl (C=O) groups excluding carboxylic acids is 1. The molecule has 178 valence electrons. The van der Waals surface area contributed by atoms with Crippen molar-refractivity contribution in [2.24, 2.45) is 0 Å². The molecular formula is C26H35N3O3S. The fraction of sp³-hybridized carbons (Fsp3) is 0.462. The van der Waals surface area contributed by atoms with Crippen molar-refractivity contribution < 1.29 is 14.3 Å². The molecule has 0 bridgehead atoms. The zero-order valence-electron chi connectivity index (χ0n) is 20.2. The third-order valence-corrected chi connectivity index (χ3v) is 6.27. The van der Waals surface area contributed by atoms with Crippen molar-refractivity contribution in [2.75, 3.05) is 45.3 Å². The maximum atomic E-state index is 13.6. The summed E-state index contributed by atoms with van der Waals surface area (Å²) < 4.78 is 12.6. The van der Waals surface area contributed by atoms with Crippen LogP contribution in [0.4, 0.5) is 5.13 Å². The molecule has 1 amide bonds. The molecule has 2 aromatic carbocycles. The minimum absolute atomic E-state index is 0.0650. The number of unbranched alkanes of at least 4 members (excludes halogenated alkanes) is 2. The summed E-state index contributed by atoms with van der Waals surface area (Å²) in [5, 5.41) is 0.690. The van der Waals surface area contributed by atoms with E-state index in [0.717, 1.165) is 53.9 Å². The molecule has 0 atom stereocenters. The van der Waals surface area contributed by atoms with Gasteiger partial charge in [0, 0.05) is 12.1 Å². The number of nitrogens with zero attached hydrogens (tertiary/aromatic N) is 3. The number of amides is 1. The third kappa shape index (κ3) is 6.92. The van der Waals surface area contributed by atoms with E-state index in [1.165, 1.54) is 11.3 Å². The molecule has 3 rings (SSSR count). The molecule has 0 spiro atoms. The SMILES string of the molecule is CCCCCOc1cccc(C(=O)N(CCCN(C)C)c2nc3c(OCC)cccc3s2)c1. The molecule has 0 unspecified atom stereocenters. The standard InChI is InChI=1S/C26H35N3O3S/c1-5-7-8-18-32-21-13-9-12-20(19-21)25(30)29(17-11-16-28(3)4)26-27-24-22(31-6-2)14-10-15-23(24)33-26/h9-10,12-15,19H,5-8,11,16-18H2,1-4H3. The van der Waals surface area contributed by atoms with Gasteiger partial charge in [0.2, 0.25) is 0 Å². The van der Waals surface area contributed by atoms with E-state index < -0.39 is 0 Å². The van der Waals surface area contributed by atoms with Crippen LogP contribution in [0.3, 0.4) is 0 Å². The van der Waals surface area contributed by atoms with Crippen LogP contribution in [-0.2, 0) is 0 Å². The van der Waals surface area contributed by atoms with E-state index in [0.29, 0.717) is 30.5 Å². The largest absolute Gasteiger partial charge is 0.494 e. The lowest BCUT2D eigenvalue weighted by atomic mass is 10.2. The summed E-state index contributed by atoms with van der Waals surface area (Å²) in [6.07, 6.45) is 4.15. The predicted molar refractivity (Wildman–Crippen MR) is 137 cm³/mol. The predicted octanol–water partition coefficient (Wildman–Crippen LogP) is 5.86. The van der Waals surface area contributed by atoms with Crippen molar-refractivity contribution in [2.45, 2.75) is 39.5 Å². The summed E-state index contributed by atoms with van der Waals surface area (Å²) in [4.78, 5) is 22.4. The van der Waals surface area contributed by atoms with Gasteiger partial charge in [0.25, 0.3) is 5.91 Å². The van der Waals surface area contributed by atoms with E-state index in [1.54, 1.807) is 4.90 Å². The highest BCUT2D eigenvalue weighted by Crippen LogP contribution is 2.35. The van der Waals surface area contributed by atoms with Crippen LogP contribution in [0, 0.1) is 0 Å². The van der Waals surface area contributed by atoms with E-state index in [4.69, 9.17) is 14.5 Å². The first-order chi connectivity index (χ1) is 16.0. The quantitative estimate of drug-likeness (QED) is 0.293. The summed E-state index contributed by atoms with van der Waals surface area (Å²) in [7, 11) is 4.08. The Labute approximate surface area is 201 Å². The van der Waals surface area contributed by atoms with Gasteiger partial charge in [0.05, 0.1) is 17.9 Å². The van der Waals surface area contributed by atoms with Crippen molar-refractivity contribution in [3.05, 3.63) is 48.0 Å². The molecule has 0 aliphatic rings. The lowest BCUT2D eigenvalue weighted by Crippen LogP contribution is -2.33. The average molecular weight is 470 g/mol. The first kappa shape index (κ1) is 25.0. The van der Waals surface area contributed by atoms with Crippen LogP contribution in [0.1, 0.15) is 49.9 Å². The summed E-state index contributed by atoms with van der Waals surface area (Å²) in [5.74, 6) is 1.42. The molecule has 0 saturated heterocycles. The Balaban J connectivity index is 1.87. The Kier molecular flexibility index (Phi) is 9.51. The first-order valence-corrected chi connectivity index (χ1v) is 12.6. The molecule has 0 aliphatic carbocycles. The van der Waals surface area contributed by atoms with Gasteiger partial charge in [0.1, 0.15) is 17.0 Å². The molecule has 0 saturated carbocycles. The summed E-state index contributed by atoms with van der Waals surface area (Å²) in [6, 6.07) is 13.4. The van der Waals surface area contributed by atoms with E-state index in [-0.39, 0.29) is 5.91 Å². The lowest BCUT2D eigenvalue weighted by Gasteiger charge is -2.21. The highest BCUT2D eigenvalue weighted by atomic mass is 32.1. The molecule has 6 nitrogen and oxygen atoms in total. The average Bonchev–Trinajstić information content (AvgIpc) is 3.24. The number of anilines is 1. The highest BCUT2D eigenvalue weighted by Gasteiger charge is 2.22. The number of aromatic nitrogens is 1. The van der Waals surface area contributed by atoms with Crippen molar-refractivity contribution in [3.63, 3.8) is 0 Å². The number of rotatable bonds is 13. The highest BCUT2D eigenvalue weighted by molar-refractivity contribution is 7.22. The molecule has 1 heterocycles. The second kappa shape index (κ2) is 12.6. The van der Waals surface area contributed by atoms with Gasteiger partial charge in [-0.25, -0.2) is 4.98 Å². The summed E-state index contributed by atoms with van der Waals surface area (Å²) in [6.45, 7) is 6.84. The summed E-state index contributed by atoms with van der Waals surface area (Å²) in [5.41, 5.74) is 1.41. The molecule has 7 heteroatoms. The first-order valence-electron chi connectivity index (χ1n) is 11.7. The molecular weight excluding hydrogens is 434 g/mol.